The second kappa shape index (κ2) is 5.53. The summed E-state index contributed by atoms with van der Waals surface area (Å²) in [4.78, 5) is 0.699. The third kappa shape index (κ3) is 3.72. The monoisotopic (exact) mass is 306 g/mol. The van der Waals surface area contributed by atoms with Gasteiger partial charge in [-0.15, -0.1) is 11.3 Å². The Morgan fingerprint density at radius 2 is 1.84 bits per heavy atom. The molecule has 19 heavy (non-hydrogen) atoms. The van der Waals surface area contributed by atoms with Crippen LogP contribution in [-0.4, -0.2) is 5.11 Å². The summed E-state index contributed by atoms with van der Waals surface area (Å²) >= 11 is 7.08. The van der Waals surface area contributed by atoms with Crippen molar-refractivity contribution in [2.75, 3.05) is 0 Å². The van der Waals surface area contributed by atoms with Crippen LogP contribution in [0.15, 0.2) is 35.7 Å². The average molecular weight is 307 g/mol. The van der Waals surface area contributed by atoms with E-state index in [2.05, 4.69) is 0 Å². The van der Waals surface area contributed by atoms with Crippen LogP contribution in [0.25, 0.3) is 0 Å². The van der Waals surface area contributed by atoms with Gasteiger partial charge in [-0.05, 0) is 23.8 Å². The van der Waals surface area contributed by atoms with Gasteiger partial charge >= 0.3 is 6.18 Å². The van der Waals surface area contributed by atoms with Gasteiger partial charge in [0, 0.05) is 16.7 Å². The highest BCUT2D eigenvalue weighted by molar-refractivity contribution is 7.10. The summed E-state index contributed by atoms with van der Waals surface area (Å²) in [6.45, 7) is 0. The van der Waals surface area contributed by atoms with E-state index < -0.39 is 17.8 Å². The Hall–Kier alpha value is -1.04. The quantitative estimate of drug-likeness (QED) is 0.871. The lowest BCUT2D eigenvalue weighted by Crippen LogP contribution is -2.05. The number of benzene rings is 1. The van der Waals surface area contributed by atoms with Gasteiger partial charge in [0.25, 0.3) is 0 Å². The first-order chi connectivity index (χ1) is 8.86. The van der Waals surface area contributed by atoms with Crippen LogP contribution in [0, 0.1) is 0 Å². The number of rotatable bonds is 3. The number of hydrogen-bond donors (Lipinski definition) is 1. The molecule has 0 aliphatic heterocycles. The molecule has 102 valence electrons. The molecule has 1 unspecified atom stereocenters. The number of aliphatic hydroxyl groups is 1. The molecule has 1 nitrogen and oxygen atoms in total. The molecule has 0 spiro atoms. The van der Waals surface area contributed by atoms with Crippen LogP contribution in [-0.2, 0) is 12.6 Å². The molecule has 1 heterocycles. The van der Waals surface area contributed by atoms with Crippen LogP contribution in [0.1, 0.15) is 22.1 Å². The van der Waals surface area contributed by atoms with Gasteiger partial charge in [0.1, 0.15) is 0 Å². The van der Waals surface area contributed by atoms with Gasteiger partial charge in [-0.1, -0.05) is 23.7 Å². The molecule has 0 saturated heterocycles. The maximum absolute atomic E-state index is 12.4. The number of aliphatic hydroxyl groups excluding tert-OH is 1. The summed E-state index contributed by atoms with van der Waals surface area (Å²) in [6, 6.07) is 6.44. The highest BCUT2D eigenvalue weighted by atomic mass is 35.5. The Kier molecular flexibility index (Phi) is 4.18. The second-order valence-corrected chi connectivity index (χ2v) is 5.46. The Morgan fingerprint density at radius 1 is 1.21 bits per heavy atom. The molecule has 0 fully saturated rings. The molecule has 2 rings (SSSR count). The van der Waals surface area contributed by atoms with Crippen molar-refractivity contribution in [2.45, 2.75) is 18.7 Å². The van der Waals surface area contributed by atoms with Crippen LogP contribution in [0.3, 0.4) is 0 Å². The first-order valence-corrected chi connectivity index (χ1v) is 6.70. The topological polar surface area (TPSA) is 20.2 Å². The molecule has 1 aromatic heterocycles. The zero-order chi connectivity index (χ0) is 14.0. The molecule has 0 aliphatic carbocycles. The molecule has 0 aliphatic rings. The molecule has 2 aromatic rings. The lowest BCUT2D eigenvalue weighted by Gasteiger charge is -2.10. The highest BCUT2D eigenvalue weighted by Crippen LogP contribution is 2.31. The molecular weight excluding hydrogens is 297 g/mol. The maximum Gasteiger partial charge on any atom is 0.416 e. The summed E-state index contributed by atoms with van der Waals surface area (Å²) in [6.07, 6.45) is -4.83. The second-order valence-electron chi connectivity index (χ2n) is 4.08. The van der Waals surface area contributed by atoms with Crippen molar-refractivity contribution in [3.05, 3.63) is 56.7 Å². The van der Waals surface area contributed by atoms with E-state index in [4.69, 9.17) is 11.6 Å². The Bertz CT molecular complexity index is 548. The van der Waals surface area contributed by atoms with E-state index in [1.165, 1.54) is 23.5 Å². The molecule has 1 aromatic carbocycles. The molecule has 1 N–H and O–H groups in total. The number of alkyl halides is 3. The van der Waals surface area contributed by atoms with Crippen molar-refractivity contribution >= 4 is 22.9 Å². The van der Waals surface area contributed by atoms with E-state index >= 15 is 0 Å². The van der Waals surface area contributed by atoms with Gasteiger partial charge in [-0.3, -0.25) is 0 Å². The minimum absolute atomic E-state index is 0.259. The molecule has 0 saturated carbocycles. The largest absolute Gasteiger partial charge is 0.416 e. The van der Waals surface area contributed by atoms with Crippen LogP contribution < -0.4 is 0 Å². The predicted octanol–water partition coefficient (Wildman–Crippen LogP) is 4.70. The number of thiophene rings is 1. The maximum atomic E-state index is 12.4. The minimum atomic E-state index is -4.33. The third-order valence-corrected chi connectivity index (χ3v) is 4.01. The Morgan fingerprint density at radius 3 is 2.32 bits per heavy atom. The van der Waals surface area contributed by atoms with Crippen molar-refractivity contribution in [1.29, 1.82) is 0 Å². The first-order valence-electron chi connectivity index (χ1n) is 5.44. The van der Waals surface area contributed by atoms with Crippen molar-refractivity contribution < 1.29 is 18.3 Å². The summed E-state index contributed by atoms with van der Waals surface area (Å²) < 4.78 is 37.2. The minimum Gasteiger partial charge on any atom is -0.387 e. The Labute approximate surface area is 117 Å². The average Bonchev–Trinajstić information content (AvgIpc) is 2.75. The third-order valence-electron chi connectivity index (χ3n) is 2.63. The van der Waals surface area contributed by atoms with Crippen LogP contribution >= 0.6 is 22.9 Å². The van der Waals surface area contributed by atoms with Gasteiger partial charge < -0.3 is 5.11 Å². The molecule has 6 heteroatoms. The van der Waals surface area contributed by atoms with Crippen molar-refractivity contribution in [1.82, 2.24) is 0 Å². The lowest BCUT2D eigenvalue weighted by atomic mass is 10.0. The van der Waals surface area contributed by atoms with E-state index in [1.54, 1.807) is 11.4 Å². The lowest BCUT2D eigenvalue weighted by molar-refractivity contribution is -0.137. The Balaban J connectivity index is 2.07. The van der Waals surface area contributed by atoms with E-state index in [-0.39, 0.29) is 6.42 Å². The summed E-state index contributed by atoms with van der Waals surface area (Å²) in [5.74, 6) is 0. The van der Waals surface area contributed by atoms with Crippen LogP contribution in [0.2, 0.25) is 5.02 Å². The summed E-state index contributed by atoms with van der Waals surface area (Å²) in [5.41, 5.74) is -0.0464. The fraction of sp³-hybridized carbons (Fsp3) is 0.231. The molecule has 1 atom stereocenters. The van der Waals surface area contributed by atoms with Gasteiger partial charge in [-0.25, -0.2) is 0 Å². The molecule has 0 amide bonds. The highest BCUT2D eigenvalue weighted by Gasteiger charge is 2.30. The predicted molar refractivity (Wildman–Crippen MR) is 69.4 cm³/mol. The van der Waals surface area contributed by atoms with Crippen LogP contribution in [0.5, 0.6) is 0 Å². The van der Waals surface area contributed by atoms with E-state index in [0.29, 0.717) is 15.5 Å². The zero-order valence-electron chi connectivity index (χ0n) is 9.62. The molecule has 0 radical (unpaired) electrons. The standard InChI is InChI=1S/C13H10ClF3OS/c14-10-6-12(19-7-10)11(18)5-8-1-3-9(4-2-8)13(15,16)17/h1-4,6-7,11,18H,5H2. The fourth-order valence-electron chi connectivity index (χ4n) is 1.66. The van der Waals surface area contributed by atoms with Gasteiger partial charge in [-0.2, -0.15) is 13.2 Å². The van der Waals surface area contributed by atoms with Crippen molar-refractivity contribution in [3.63, 3.8) is 0 Å². The van der Waals surface area contributed by atoms with E-state index in [1.807, 2.05) is 0 Å². The van der Waals surface area contributed by atoms with Gasteiger partial charge in [0.05, 0.1) is 16.7 Å². The number of hydrogen-bond acceptors (Lipinski definition) is 2. The zero-order valence-corrected chi connectivity index (χ0v) is 11.2. The SMILES string of the molecule is OC(Cc1ccc(C(F)(F)F)cc1)c1cc(Cl)cs1. The van der Waals surface area contributed by atoms with Crippen molar-refractivity contribution in [3.8, 4) is 0 Å². The van der Waals surface area contributed by atoms with E-state index in [0.717, 1.165) is 12.1 Å². The van der Waals surface area contributed by atoms with Crippen molar-refractivity contribution in [2.24, 2.45) is 0 Å². The summed E-state index contributed by atoms with van der Waals surface area (Å²) in [7, 11) is 0. The molecule has 0 bridgehead atoms. The van der Waals surface area contributed by atoms with Gasteiger partial charge in [0.15, 0.2) is 0 Å². The summed E-state index contributed by atoms with van der Waals surface area (Å²) in [5, 5.41) is 12.2. The molecular formula is C13H10ClF3OS. The fourth-order valence-corrected chi connectivity index (χ4v) is 2.72. The van der Waals surface area contributed by atoms with Gasteiger partial charge in [0.2, 0.25) is 0 Å². The smallest absolute Gasteiger partial charge is 0.387 e. The first kappa shape index (κ1) is 14.4. The van der Waals surface area contributed by atoms with Crippen LogP contribution in [0.4, 0.5) is 13.2 Å². The number of halogens is 4. The normalized spacial score (nSPS) is 13.5. The van der Waals surface area contributed by atoms with E-state index in [9.17, 15) is 18.3 Å².